The second-order valence-electron chi connectivity index (χ2n) is 5.46. The largest absolute Gasteiger partial charge is 0.456 e. The van der Waals surface area contributed by atoms with Crippen LogP contribution in [0.3, 0.4) is 0 Å². The molecule has 0 atom stereocenters. The summed E-state index contributed by atoms with van der Waals surface area (Å²) in [5.74, 6) is 4.47. The van der Waals surface area contributed by atoms with Gasteiger partial charge in [-0.05, 0) is 26.8 Å². The number of nitrogens with two attached hydrogens (primary N) is 1. The minimum Gasteiger partial charge on any atom is -0.456 e. The lowest BCUT2D eigenvalue weighted by Gasteiger charge is -2.39. The minimum absolute atomic E-state index is 0.0931. The number of nitrogens with zero attached hydrogens (tertiary/aromatic N) is 1. The van der Waals surface area contributed by atoms with Gasteiger partial charge >= 0.3 is 5.91 Å². The first-order chi connectivity index (χ1) is 9.75. The third-order valence-corrected chi connectivity index (χ3v) is 3.67. The second-order valence-corrected chi connectivity index (χ2v) is 5.46. The SMILES string of the molecule is Cc1oc(C(=O)NN)cc1CN1CC(=O)NC(=O)C1(C)C. The maximum absolute atomic E-state index is 11.9. The van der Waals surface area contributed by atoms with Crippen LogP contribution in [-0.2, 0) is 16.1 Å². The van der Waals surface area contributed by atoms with Gasteiger partial charge in [0.15, 0.2) is 5.76 Å². The van der Waals surface area contributed by atoms with Crippen LogP contribution in [0.2, 0.25) is 0 Å². The summed E-state index contributed by atoms with van der Waals surface area (Å²) in [6.45, 7) is 5.60. The smallest absolute Gasteiger partial charge is 0.300 e. The van der Waals surface area contributed by atoms with Gasteiger partial charge in [-0.25, -0.2) is 5.84 Å². The third kappa shape index (κ3) is 2.81. The number of rotatable bonds is 3. The molecule has 8 nitrogen and oxygen atoms in total. The number of hydrogen-bond donors (Lipinski definition) is 3. The van der Waals surface area contributed by atoms with E-state index in [2.05, 4.69) is 5.32 Å². The molecule has 3 amide bonds. The number of hydrazine groups is 1. The van der Waals surface area contributed by atoms with E-state index in [4.69, 9.17) is 10.3 Å². The fraction of sp³-hybridized carbons (Fsp3) is 0.462. The Labute approximate surface area is 121 Å². The van der Waals surface area contributed by atoms with E-state index in [0.717, 1.165) is 5.56 Å². The molecule has 4 N–H and O–H groups in total. The summed E-state index contributed by atoms with van der Waals surface area (Å²) in [5, 5.41) is 2.31. The molecule has 2 heterocycles. The highest BCUT2D eigenvalue weighted by atomic mass is 16.4. The molecule has 1 aromatic heterocycles. The maximum Gasteiger partial charge on any atom is 0.300 e. The van der Waals surface area contributed by atoms with Crippen LogP contribution in [0.25, 0.3) is 0 Å². The van der Waals surface area contributed by atoms with E-state index in [1.165, 1.54) is 0 Å². The predicted molar refractivity (Wildman–Crippen MR) is 72.7 cm³/mol. The van der Waals surface area contributed by atoms with Gasteiger partial charge in [0.25, 0.3) is 0 Å². The van der Waals surface area contributed by atoms with Crippen molar-refractivity contribution in [2.75, 3.05) is 6.54 Å². The molecule has 1 saturated heterocycles. The predicted octanol–water partition coefficient (Wildman–Crippen LogP) is -0.571. The van der Waals surface area contributed by atoms with Crippen molar-refractivity contribution in [3.63, 3.8) is 0 Å². The molecule has 0 bridgehead atoms. The van der Waals surface area contributed by atoms with E-state index < -0.39 is 11.4 Å². The number of imide groups is 1. The molecule has 1 aromatic rings. The molecule has 0 aromatic carbocycles. The van der Waals surface area contributed by atoms with Crippen LogP contribution in [0.4, 0.5) is 0 Å². The average Bonchev–Trinajstić information content (AvgIpc) is 2.77. The Hall–Kier alpha value is -2.19. The molecule has 0 aliphatic carbocycles. The molecule has 1 aliphatic heterocycles. The Kier molecular flexibility index (Phi) is 3.84. The van der Waals surface area contributed by atoms with Gasteiger partial charge in [0.2, 0.25) is 11.8 Å². The zero-order valence-corrected chi connectivity index (χ0v) is 12.1. The highest BCUT2D eigenvalue weighted by molar-refractivity contribution is 6.02. The fourth-order valence-corrected chi connectivity index (χ4v) is 2.15. The van der Waals surface area contributed by atoms with Crippen LogP contribution < -0.4 is 16.6 Å². The van der Waals surface area contributed by atoms with E-state index in [1.54, 1.807) is 31.7 Å². The van der Waals surface area contributed by atoms with E-state index in [9.17, 15) is 14.4 Å². The Morgan fingerprint density at radius 2 is 2.19 bits per heavy atom. The fourth-order valence-electron chi connectivity index (χ4n) is 2.15. The van der Waals surface area contributed by atoms with E-state index in [-0.39, 0.29) is 24.1 Å². The van der Waals surface area contributed by atoms with Crippen molar-refractivity contribution in [3.05, 3.63) is 23.2 Å². The lowest BCUT2D eigenvalue weighted by atomic mass is 9.98. The lowest BCUT2D eigenvalue weighted by Crippen LogP contribution is -2.63. The van der Waals surface area contributed by atoms with Crippen LogP contribution in [-0.4, -0.2) is 34.7 Å². The summed E-state index contributed by atoms with van der Waals surface area (Å²) in [4.78, 5) is 36.6. The Balaban J connectivity index is 2.24. The molecule has 8 heteroatoms. The number of nitrogen functional groups attached to an aromatic ring is 1. The first-order valence-electron chi connectivity index (χ1n) is 6.45. The molecule has 1 fully saturated rings. The van der Waals surface area contributed by atoms with Crippen LogP contribution in [0, 0.1) is 6.92 Å². The van der Waals surface area contributed by atoms with Crippen molar-refractivity contribution in [2.24, 2.45) is 5.84 Å². The average molecular weight is 294 g/mol. The van der Waals surface area contributed by atoms with Crippen LogP contribution in [0.1, 0.15) is 35.7 Å². The maximum atomic E-state index is 11.9. The molecule has 21 heavy (non-hydrogen) atoms. The Bertz CT molecular complexity index is 605. The van der Waals surface area contributed by atoms with Gasteiger partial charge in [-0.15, -0.1) is 0 Å². The number of hydrogen-bond acceptors (Lipinski definition) is 6. The Morgan fingerprint density at radius 3 is 2.81 bits per heavy atom. The number of amides is 3. The zero-order valence-electron chi connectivity index (χ0n) is 12.1. The summed E-state index contributed by atoms with van der Waals surface area (Å²) >= 11 is 0. The summed E-state index contributed by atoms with van der Waals surface area (Å²) in [6.07, 6.45) is 0. The second kappa shape index (κ2) is 5.30. The summed E-state index contributed by atoms with van der Waals surface area (Å²) in [7, 11) is 0. The van der Waals surface area contributed by atoms with Crippen molar-refractivity contribution in [2.45, 2.75) is 32.9 Å². The third-order valence-electron chi connectivity index (χ3n) is 3.67. The number of aryl methyl sites for hydroxylation is 1. The van der Waals surface area contributed by atoms with Crippen LogP contribution >= 0.6 is 0 Å². The molecule has 1 aliphatic rings. The summed E-state index contributed by atoms with van der Waals surface area (Å²) in [6, 6.07) is 1.56. The highest BCUT2D eigenvalue weighted by Crippen LogP contribution is 2.24. The van der Waals surface area contributed by atoms with Crippen molar-refractivity contribution in [1.82, 2.24) is 15.6 Å². The van der Waals surface area contributed by atoms with Gasteiger partial charge in [-0.1, -0.05) is 0 Å². The van der Waals surface area contributed by atoms with Gasteiger partial charge in [-0.2, -0.15) is 0 Å². The first kappa shape index (κ1) is 15.2. The normalized spacial score (nSPS) is 18.5. The number of furan rings is 1. The van der Waals surface area contributed by atoms with Gasteiger partial charge in [-0.3, -0.25) is 30.0 Å². The molecule has 0 spiro atoms. The molecule has 2 rings (SSSR count). The molecule has 0 unspecified atom stereocenters. The molecule has 114 valence electrons. The lowest BCUT2D eigenvalue weighted by molar-refractivity contribution is -0.145. The number of piperazine rings is 1. The first-order valence-corrected chi connectivity index (χ1v) is 6.45. The number of nitrogens with one attached hydrogen (secondary N) is 2. The van der Waals surface area contributed by atoms with Gasteiger partial charge in [0.05, 0.1) is 12.1 Å². The molecule has 0 saturated carbocycles. The van der Waals surface area contributed by atoms with Gasteiger partial charge in [0, 0.05) is 12.1 Å². The van der Waals surface area contributed by atoms with Crippen LogP contribution in [0.5, 0.6) is 0 Å². The quantitative estimate of drug-likeness (QED) is 0.297. The van der Waals surface area contributed by atoms with Crippen molar-refractivity contribution in [3.8, 4) is 0 Å². The number of carbonyl (C=O) groups is 3. The van der Waals surface area contributed by atoms with E-state index >= 15 is 0 Å². The topological polar surface area (TPSA) is 118 Å². The van der Waals surface area contributed by atoms with E-state index in [0.29, 0.717) is 12.3 Å². The zero-order chi connectivity index (χ0) is 15.8. The van der Waals surface area contributed by atoms with Crippen molar-refractivity contribution >= 4 is 17.7 Å². The molecule has 0 radical (unpaired) electrons. The van der Waals surface area contributed by atoms with Gasteiger partial charge in [0.1, 0.15) is 5.76 Å². The molecular weight excluding hydrogens is 276 g/mol. The summed E-state index contributed by atoms with van der Waals surface area (Å²) in [5.41, 5.74) is 1.89. The highest BCUT2D eigenvalue weighted by Gasteiger charge is 2.41. The number of carbonyl (C=O) groups excluding carboxylic acids is 3. The van der Waals surface area contributed by atoms with E-state index in [1.807, 2.05) is 5.43 Å². The summed E-state index contributed by atoms with van der Waals surface area (Å²) < 4.78 is 5.33. The van der Waals surface area contributed by atoms with Gasteiger partial charge < -0.3 is 4.42 Å². The Morgan fingerprint density at radius 1 is 1.52 bits per heavy atom. The molecular formula is C13H18N4O4. The van der Waals surface area contributed by atoms with Crippen molar-refractivity contribution < 1.29 is 18.8 Å². The minimum atomic E-state index is -0.825. The standard InChI is InChI=1S/C13H18N4O4/c1-7-8(4-9(21-7)11(19)16-14)5-17-6-10(18)15-12(20)13(17,2)3/h4H,5-6,14H2,1-3H3,(H,16,19)(H,15,18,20). The van der Waals surface area contributed by atoms with Crippen molar-refractivity contribution in [1.29, 1.82) is 0 Å². The monoisotopic (exact) mass is 294 g/mol. The van der Waals surface area contributed by atoms with Crippen LogP contribution in [0.15, 0.2) is 10.5 Å².